The molecule has 0 saturated carbocycles. The van der Waals surface area contributed by atoms with Crippen LogP contribution in [-0.2, 0) is 0 Å². The Morgan fingerprint density at radius 2 is 1.79 bits per heavy atom. The summed E-state index contributed by atoms with van der Waals surface area (Å²) in [4.78, 5) is 2.07. The summed E-state index contributed by atoms with van der Waals surface area (Å²) < 4.78 is 26.7. The van der Waals surface area contributed by atoms with Crippen LogP contribution in [0.2, 0.25) is 0 Å². The molecule has 19 heavy (non-hydrogen) atoms. The van der Waals surface area contributed by atoms with Gasteiger partial charge in [0, 0.05) is 30.9 Å². The summed E-state index contributed by atoms with van der Waals surface area (Å²) in [5.74, 6) is -1.03. The Labute approximate surface area is 113 Å². The zero-order chi connectivity index (χ0) is 14.0. The van der Waals surface area contributed by atoms with Crippen molar-refractivity contribution in [3.8, 4) is 0 Å². The van der Waals surface area contributed by atoms with Gasteiger partial charge in [-0.3, -0.25) is 0 Å². The van der Waals surface area contributed by atoms with Crippen LogP contribution in [0.15, 0.2) is 18.2 Å². The molecule has 1 fully saturated rings. The van der Waals surface area contributed by atoms with E-state index < -0.39 is 11.6 Å². The van der Waals surface area contributed by atoms with E-state index >= 15 is 0 Å². The van der Waals surface area contributed by atoms with Gasteiger partial charge in [-0.25, -0.2) is 8.78 Å². The van der Waals surface area contributed by atoms with Gasteiger partial charge in [0.1, 0.15) is 11.6 Å². The van der Waals surface area contributed by atoms with Crippen LogP contribution in [0.5, 0.6) is 0 Å². The van der Waals surface area contributed by atoms with E-state index in [1.54, 1.807) is 0 Å². The van der Waals surface area contributed by atoms with Crippen molar-refractivity contribution in [3.63, 3.8) is 0 Å². The molecule has 1 aliphatic rings. The molecule has 0 aromatic heterocycles. The van der Waals surface area contributed by atoms with Crippen LogP contribution in [0, 0.1) is 17.0 Å². The van der Waals surface area contributed by atoms with Crippen molar-refractivity contribution in [1.29, 1.82) is 0 Å². The Hall–Kier alpha value is -1.16. The maximum atomic E-state index is 13.3. The fourth-order valence-electron chi connectivity index (χ4n) is 2.46. The van der Waals surface area contributed by atoms with Gasteiger partial charge in [0.2, 0.25) is 0 Å². The number of hydrogen-bond donors (Lipinski definition) is 1. The monoisotopic (exact) mass is 268 g/mol. The van der Waals surface area contributed by atoms with E-state index in [1.165, 1.54) is 12.1 Å². The summed E-state index contributed by atoms with van der Waals surface area (Å²) in [6.45, 7) is 9.08. The summed E-state index contributed by atoms with van der Waals surface area (Å²) in [5.41, 5.74) is 0.754. The molecule has 0 amide bonds. The minimum atomic E-state index is -0.514. The van der Waals surface area contributed by atoms with E-state index in [1.807, 2.05) is 0 Å². The molecular weight excluding hydrogens is 246 g/mol. The van der Waals surface area contributed by atoms with Gasteiger partial charge in [-0.2, -0.15) is 0 Å². The first kappa shape index (κ1) is 14.3. The predicted octanol–water partition coefficient (Wildman–Crippen LogP) is 3.18. The van der Waals surface area contributed by atoms with Crippen LogP contribution in [0.25, 0.3) is 0 Å². The number of benzene rings is 1. The van der Waals surface area contributed by atoms with Crippen molar-refractivity contribution in [1.82, 2.24) is 5.32 Å². The zero-order valence-corrected chi connectivity index (χ0v) is 11.8. The third-order valence-corrected chi connectivity index (χ3v) is 3.66. The smallest absolute Gasteiger partial charge is 0.128 e. The number of rotatable bonds is 1. The Bertz CT molecular complexity index is 420. The lowest BCUT2D eigenvalue weighted by atomic mass is 9.86. The summed E-state index contributed by atoms with van der Waals surface area (Å²) in [6.07, 6.45) is 0.977. The number of hydrogen-bond acceptors (Lipinski definition) is 2. The quantitative estimate of drug-likeness (QED) is 0.841. The average Bonchev–Trinajstić information content (AvgIpc) is 2.52. The summed E-state index contributed by atoms with van der Waals surface area (Å²) in [5, 5.41) is 3.52. The van der Waals surface area contributed by atoms with Gasteiger partial charge in [0.15, 0.2) is 0 Å². The third-order valence-electron chi connectivity index (χ3n) is 3.66. The first-order valence-electron chi connectivity index (χ1n) is 6.81. The van der Waals surface area contributed by atoms with Crippen molar-refractivity contribution in [3.05, 3.63) is 29.8 Å². The highest BCUT2D eigenvalue weighted by atomic mass is 19.1. The van der Waals surface area contributed by atoms with Gasteiger partial charge in [-0.05, 0) is 30.5 Å². The molecule has 1 unspecified atom stereocenters. The predicted molar refractivity (Wildman–Crippen MR) is 74.4 cm³/mol. The molecule has 1 aromatic carbocycles. The fraction of sp³-hybridized carbons (Fsp3) is 0.600. The van der Waals surface area contributed by atoms with Gasteiger partial charge in [-0.15, -0.1) is 0 Å². The molecule has 2 nitrogen and oxygen atoms in total. The second-order valence-electron chi connectivity index (χ2n) is 6.30. The SMILES string of the molecule is CC(C)(C)C1CN(c2cc(F)cc(F)c2)CCCN1. The van der Waals surface area contributed by atoms with Crippen molar-refractivity contribution in [2.24, 2.45) is 5.41 Å². The molecule has 0 aliphatic carbocycles. The second kappa shape index (κ2) is 5.45. The average molecular weight is 268 g/mol. The van der Waals surface area contributed by atoms with E-state index in [4.69, 9.17) is 0 Å². The molecule has 0 bridgehead atoms. The molecule has 1 heterocycles. The maximum absolute atomic E-state index is 13.3. The number of nitrogens with one attached hydrogen (secondary N) is 1. The maximum Gasteiger partial charge on any atom is 0.128 e. The first-order valence-corrected chi connectivity index (χ1v) is 6.81. The largest absolute Gasteiger partial charge is 0.370 e. The molecule has 1 N–H and O–H groups in total. The van der Waals surface area contributed by atoms with Gasteiger partial charge < -0.3 is 10.2 Å². The molecule has 1 saturated heterocycles. The van der Waals surface area contributed by atoms with Crippen molar-refractivity contribution in [2.75, 3.05) is 24.5 Å². The molecular formula is C15H22F2N2. The van der Waals surface area contributed by atoms with Gasteiger partial charge in [-0.1, -0.05) is 20.8 Å². The zero-order valence-electron chi connectivity index (χ0n) is 11.8. The van der Waals surface area contributed by atoms with Crippen molar-refractivity contribution in [2.45, 2.75) is 33.2 Å². The molecule has 1 aliphatic heterocycles. The summed E-state index contributed by atoms with van der Waals surface area (Å²) in [7, 11) is 0. The lowest BCUT2D eigenvalue weighted by molar-refractivity contribution is 0.280. The summed E-state index contributed by atoms with van der Waals surface area (Å²) in [6, 6.07) is 4.05. The van der Waals surface area contributed by atoms with Crippen molar-refractivity contribution < 1.29 is 8.78 Å². The van der Waals surface area contributed by atoms with E-state index in [2.05, 4.69) is 31.0 Å². The highest BCUT2D eigenvalue weighted by molar-refractivity contribution is 5.47. The Kier molecular flexibility index (Phi) is 4.09. The van der Waals surface area contributed by atoms with Crippen molar-refractivity contribution >= 4 is 5.69 Å². The lowest BCUT2D eigenvalue weighted by Gasteiger charge is -2.34. The number of nitrogens with zero attached hydrogens (tertiary/aromatic N) is 1. The Morgan fingerprint density at radius 1 is 1.16 bits per heavy atom. The minimum Gasteiger partial charge on any atom is -0.370 e. The summed E-state index contributed by atoms with van der Waals surface area (Å²) >= 11 is 0. The molecule has 2 rings (SSSR count). The van der Waals surface area contributed by atoms with Gasteiger partial charge in [0.05, 0.1) is 0 Å². The van der Waals surface area contributed by atoms with Crippen LogP contribution < -0.4 is 10.2 Å². The van der Waals surface area contributed by atoms with Gasteiger partial charge in [0.25, 0.3) is 0 Å². The third kappa shape index (κ3) is 3.66. The molecule has 0 radical (unpaired) electrons. The first-order chi connectivity index (χ1) is 8.86. The molecule has 1 aromatic rings. The molecule has 4 heteroatoms. The minimum absolute atomic E-state index is 0.120. The Morgan fingerprint density at radius 3 is 2.37 bits per heavy atom. The van der Waals surface area contributed by atoms with E-state index in [0.717, 1.165) is 32.1 Å². The second-order valence-corrected chi connectivity index (χ2v) is 6.30. The van der Waals surface area contributed by atoms with E-state index in [-0.39, 0.29) is 5.41 Å². The molecule has 1 atom stereocenters. The van der Waals surface area contributed by atoms with Crippen LogP contribution in [-0.4, -0.2) is 25.7 Å². The topological polar surface area (TPSA) is 15.3 Å². The molecule has 0 spiro atoms. The van der Waals surface area contributed by atoms with E-state index in [9.17, 15) is 8.78 Å². The normalized spacial score (nSPS) is 21.3. The lowest BCUT2D eigenvalue weighted by Crippen LogP contribution is -2.46. The van der Waals surface area contributed by atoms with Gasteiger partial charge >= 0.3 is 0 Å². The Balaban J connectivity index is 2.22. The highest BCUT2D eigenvalue weighted by Crippen LogP contribution is 2.25. The number of anilines is 1. The highest BCUT2D eigenvalue weighted by Gasteiger charge is 2.28. The van der Waals surface area contributed by atoms with Crippen LogP contribution >= 0.6 is 0 Å². The number of halogens is 2. The van der Waals surface area contributed by atoms with Crippen LogP contribution in [0.4, 0.5) is 14.5 Å². The van der Waals surface area contributed by atoms with E-state index in [0.29, 0.717) is 11.7 Å². The van der Waals surface area contributed by atoms with Crippen LogP contribution in [0.3, 0.4) is 0 Å². The standard InChI is InChI=1S/C15H22F2N2/c1-15(2,3)14-10-19(6-4-5-18-14)13-8-11(16)7-12(17)9-13/h7-9,14,18H,4-6,10H2,1-3H3. The molecule has 106 valence electrons. The van der Waals surface area contributed by atoms with Crippen LogP contribution in [0.1, 0.15) is 27.2 Å². The fourth-order valence-corrected chi connectivity index (χ4v) is 2.46.